The Hall–Kier alpha value is -1.21. The van der Waals surface area contributed by atoms with E-state index < -0.39 is 10.0 Å². The molecule has 0 amide bonds. The predicted molar refractivity (Wildman–Crippen MR) is 82.2 cm³/mol. The van der Waals surface area contributed by atoms with Gasteiger partial charge < -0.3 is 5.32 Å². The molecule has 1 heterocycles. The van der Waals surface area contributed by atoms with Gasteiger partial charge in [-0.05, 0) is 35.7 Å². The van der Waals surface area contributed by atoms with Crippen molar-refractivity contribution in [1.82, 2.24) is 10.0 Å². The average molecular weight is 310 g/mol. The molecule has 0 aliphatic carbocycles. The Morgan fingerprint density at radius 1 is 1.15 bits per heavy atom. The van der Waals surface area contributed by atoms with E-state index in [2.05, 4.69) is 10.0 Å². The second-order valence-corrected chi connectivity index (χ2v) is 7.13. The lowest BCUT2D eigenvalue weighted by Gasteiger charge is -2.08. The molecule has 0 saturated heterocycles. The van der Waals surface area contributed by atoms with Crippen molar-refractivity contribution in [1.29, 1.82) is 0 Å². The summed E-state index contributed by atoms with van der Waals surface area (Å²) in [6.07, 6.45) is 0. The maximum absolute atomic E-state index is 12.2. The van der Waals surface area contributed by atoms with Crippen LogP contribution >= 0.6 is 11.3 Å². The molecule has 0 fully saturated rings. The van der Waals surface area contributed by atoms with Crippen LogP contribution in [0.3, 0.4) is 0 Å². The molecule has 0 saturated carbocycles. The van der Waals surface area contributed by atoms with Crippen molar-refractivity contribution in [2.24, 2.45) is 0 Å². The first kappa shape index (κ1) is 15.2. The number of hydrogen-bond donors (Lipinski definition) is 2. The summed E-state index contributed by atoms with van der Waals surface area (Å²) >= 11 is 1.54. The van der Waals surface area contributed by atoms with Gasteiger partial charge in [-0.3, -0.25) is 0 Å². The monoisotopic (exact) mass is 310 g/mol. The summed E-state index contributed by atoms with van der Waals surface area (Å²) in [7, 11) is -3.46. The molecule has 4 nitrogen and oxygen atoms in total. The third kappa shape index (κ3) is 4.14. The minimum atomic E-state index is -3.46. The van der Waals surface area contributed by atoms with Gasteiger partial charge in [0.05, 0.1) is 4.90 Å². The van der Waals surface area contributed by atoms with Gasteiger partial charge in [-0.25, -0.2) is 13.1 Å². The minimum absolute atomic E-state index is 0.310. The van der Waals surface area contributed by atoms with E-state index in [1.54, 1.807) is 18.2 Å². The highest BCUT2D eigenvalue weighted by atomic mass is 32.2. The fourth-order valence-electron chi connectivity index (χ4n) is 1.75. The van der Waals surface area contributed by atoms with Gasteiger partial charge in [0.2, 0.25) is 10.0 Å². The molecule has 6 heteroatoms. The van der Waals surface area contributed by atoms with Gasteiger partial charge in [0.15, 0.2) is 0 Å². The summed E-state index contributed by atoms with van der Waals surface area (Å²) in [6, 6.07) is 10.8. The van der Waals surface area contributed by atoms with Crippen LogP contribution in [-0.2, 0) is 23.1 Å². The van der Waals surface area contributed by atoms with E-state index >= 15 is 0 Å². The van der Waals surface area contributed by atoms with Crippen molar-refractivity contribution in [2.45, 2.75) is 24.9 Å². The van der Waals surface area contributed by atoms with Crippen LogP contribution in [0.4, 0.5) is 0 Å². The first-order chi connectivity index (χ1) is 9.62. The molecule has 2 N–H and O–H groups in total. The van der Waals surface area contributed by atoms with Crippen LogP contribution in [0.1, 0.15) is 17.4 Å². The molecule has 2 rings (SSSR count). The van der Waals surface area contributed by atoms with E-state index in [-0.39, 0.29) is 0 Å². The minimum Gasteiger partial charge on any atom is -0.313 e. The number of rotatable bonds is 7. The SMILES string of the molecule is CCNCc1cccc(S(=O)(=O)NCc2cccs2)c1. The number of nitrogens with one attached hydrogen (secondary N) is 2. The van der Waals surface area contributed by atoms with E-state index in [0.717, 1.165) is 17.0 Å². The largest absolute Gasteiger partial charge is 0.313 e. The smallest absolute Gasteiger partial charge is 0.240 e. The Morgan fingerprint density at radius 3 is 2.70 bits per heavy atom. The highest BCUT2D eigenvalue weighted by Crippen LogP contribution is 2.13. The van der Waals surface area contributed by atoms with Crippen molar-refractivity contribution in [3.05, 3.63) is 52.2 Å². The Kier molecular flexibility index (Phi) is 5.31. The Bertz CT molecular complexity index is 637. The Balaban J connectivity index is 2.08. The number of benzene rings is 1. The second kappa shape index (κ2) is 6.99. The van der Waals surface area contributed by atoms with Gasteiger partial charge in [0.25, 0.3) is 0 Å². The molecule has 0 atom stereocenters. The highest BCUT2D eigenvalue weighted by Gasteiger charge is 2.14. The van der Waals surface area contributed by atoms with Gasteiger partial charge in [-0.2, -0.15) is 0 Å². The van der Waals surface area contributed by atoms with E-state index in [1.807, 2.05) is 30.5 Å². The molecule has 20 heavy (non-hydrogen) atoms. The third-order valence-corrected chi connectivity index (χ3v) is 5.08. The standard InChI is InChI=1S/C14H18N2O2S2/c1-2-15-10-12-5-3-7-14(9-12)20(17,18)16-11-13-6-4-8-19-13/h3-9,15-16H,2,10-11H2,1H3. The summed E-state index contributed by atoms with van der Waals surface area (Å²) in [6.45, 7) is 3.87. The molecule has 108 valence electrons. The van der Waals surface area contributed by atoms with Crippen LogP contribution in [0.25, 0.3) is 0 Å². The maximum atomic E-state index is 12.2. The molecule has 0 bridgehead atoms. The van der Waals surface area contributed by atoms with E-state index in [4.69, 9.17) is 0 Å². The molecule has 1 aromatic heterocycles. The van der Waals surface area contributed by atoms with Crippen molar-refractivity contribution < 1.29 is 8.42 Å². The molecule has 2 aromatic rings. The Morgan fingerprint density at radius 2 is 2.00 bits per heavy atom. The first-order valence-corrected chi connectivity index (χ1v) is 8.80. The molecule has 0 aliphatic heterocycles. The summed E-state index contributed by atoms with van der Waals surface area (Å²) in [5.41, 5.74) is 0.964. The van der Waals surface area contributed by atoms with E-state index in [0.29, 0.717) is 18.0 Å². The summed E-state index contributed by atoms with van der Waals surface area (Å²) in [5, 5.41) is 5.12. The van der Waals surface area contributed by atoms with Crippen molar-refractivity contribution in [2.75, 3.05) is 6.54 Å². The zero-order valence-electron chi connectivity index (χ0n) is 11.3. The van der Waals surface area contributed by atoms with E-state index in [1.165, 1.54) is 11.3 Å². The lowest BCUT2D eigenvalue weighted by Crippen LogP contribution is -2.23. The quantitative estimate of drug-likeness (QED) is 0.825. The van der Waals surface area contributed by atoms with Gasteiger partial charge in [0.1, 0.15) is 0 Å². The van der Waals surface area contributed by atoms with Crippen LogP contribution in [-0.4, -0.2) is 15.0 Å². The molecule has 0 aliphatic rings. The van der Waals surface area contributed by atoms with Crippen LogP contribution < -0.4 is 10.0 Å². The fraction of sp³-hybridized carbons (Fsp3) is 0.286. The Labute approximate surface area is 123 Å². The van der Waals surface area contributed by atoms with Gasteiger partial charge in [-0.15, -0.1) is 11.3 Å². The normalized spacial score (nSPS) is 11.7. The van der Waals surface area contributed by atoms with Crippen molar-refractivity contribution in [3.8, 4) is 0 Å². The molecule has 0 radical (unpaired) electrons. The number of hydrogen-bond acceptors (Lipinski definition) is 4. The van der Waals surface area contributed by atoms with Crippen molar-refractivity contribution in [3.63, 3.8) is 0 Å². The molecular formula is C14H18N2O2S2. The molecule has 1 aromatic carbocycles. The van der Waals surface area contributed by atoms with Gasteiger partial charge in [0, 0.05) is 18.0 Å². The number of thiophene rings is 1. The molecule has 0 unspecified atom stereocenters. The highest BCUT2D eigenvalue weighted by molar-refractivity contribution is 7.89. The van der Waals surface area contributed by atoms with Gasteiger partial charge in [-0.1, -0.05) is 25.1 Å². The van der Waals surface area contributed by atoms with Crippen LogP contribution in [0, 0.1) is 0 Å². The predicted octanol–water partition coefficient (Wildman–Crippen LogP) is 2.34. The fourth-order valence-corrected chi connectivity index (χ4v) is 3.57. The second-order valence-electron chi connectivity index (χ2n) is 4.33. The maximum Gasteiger partial charge on any atom is 0.240 e. The zero-order chi connectivity index (χ0) is 14.4. The summed E-state index contributed by atoms with van der Waals surface area (Å²) in [4.78, 5) is 1.31. The lowest BCUT2D eigenvalue weighted by atomic mass is 10.2. The third-order valence-electron chi connectivity index (χ3n) is 2.80. The zero-order valence-corrected chi connectivity index (χ0v) is 12.9. The van der Waals surface area contributed by atoms with E-state index in [9.17, 15) is 8.42 Å². The molecular weight excluding hydrogens is 292 g/mol. The number of sulfonamides is 1. The van der Waals surface area contributed by atoms with Gasteiger partial charge >= 0.3 is 0 Å². The molecule has 0 spiro atoms. The lowest BCUT2D eigenvalue weighted by molar-refractivity contribution is 0.581. The topological polar surface area (TPSA) is 58.2 Å². The van der Waals surface area contributed by atoms with Crippen LogP contribution in [0.5, 0.6) is 0 Å². The van der Waals surface area contributed by atoms with Crippen LogP contribution in [0.15, 0.2) is 46.7 Å². The van der Waals surface area contributed by atoms with Crippen LogP contribution in [0.2, 0.25) is 0 Å². The summed E-state index contributed by atoms with van der Waals surface area (Å²) < 4.78 is 27.1. The average Bonchev–Trinajstić information content (AvgIpc) is 2.97. The van der Waals surface area contributed by atoms with Crippen molar-refractivity contribution >= 4 is 21.4 Å². The first-order valence-electron chi connectivity index (χ1n) is 6.43. The summed E-state index contributed by atoms with van der Waals surface area (Å²) in [5.74, 6) is 0.